The van der Waals surface area contributed by atoms with Crippen LogP contribution in [0.25, 0.3) is 22.5 Å². The Morgan fingerprint density at radius 2 is 1.54 bits per heavy atom. The Morgan fingerprint density at radius 3 is 2.13 bits per heavy atom. The summed E-state index contributed by atoms with van der Waals surface area (Å²) in [5, 5.41) is 21.8. The van der Waals surface area contributed by atoms with Crippen LogP contribution in [0.4, 0.5) is 4.79 Å². The van der Waals surface area contributed by atoms with Gasteiger partial charge in [0.1, 0.15) is 48.9 Å². The number of nitrogens with two attached hydrogens (primary N) is 3. The van der Waals surface area contributed by atoms with Crippen molar-refractivity contribution < 1.29 is 38.2 Å². The first-order valence-corrected chi connectivity index (χ1v) is 23.6. The van der Waals surface area contributed by atoms with Gasteiger partial charge >= 0.3 is 6.03 Å². The standard InChI is InChI=1S/C51H68N12O8/c1-28(2)38(54)27-58-47(66)40-24-31-9-15-41(70-21-18-52)35(23-31)36-25-33(12-16-42(36)71-22-19-53)43(48(67)60-30(4)45(64)62-40)63(8)49(68)39(17-20-56-50(55)69)61-46(65)37-26-57-44(59-29(37)3)32-10-13-34(14-11-32)51(5,6)7/h9-16,23,25-26,28,30,39-40,43,54H,17-22,24,27,52-53H2,1-8H3,(H,58,66)(H,60,67)(H,61,65)(H,62,64)(H3,55,56,69). The Labute approximate surface area is 414 Å². The fraction of sp³-hybridized carbons (Fsp3) is 0.431. The number of hydrogen-bond donors (Lipinski definition) is 9. The fourth-order valence-corrected chi connectivity index (χ4v) is 7.75. The Morgan fingerprint density at radius 1 is 0.901 bits per heavy atom. The zero-order valence-corrected chi connectivity index (χ0v) is 41.7. The average Bonchev–Trinajstić information content (AvgIpc) is 3.32. The van der Waals surface area contributed by atoms with E-state index in [1.807, 2.05) is 38.1 Å². The SMILES string of the molecule is Cc1nc(-c2ccc(C(C)(C)C)cc2)ncc1C(=O)NC(CCNC(N)=O)C(=O)N(C)C1C(=O)NC(C)C(=O)NC(C(=O)NCC(=N)C(C)C)Cc2ccc(OCCN)c(c2)-c2cc1ccc2OCCN. The lowest BCUT2D eigenvalue weighted by Crippen LogP contribution is -2.56. The van der Waals surface area contributed by atoms with E-state index >= 15 is 0 Å². The number of carbonyl (C=O) groups excluding carboxylic acids is 6. The highest BCUT2D eigenvalue weighted by Gasteiger charge is 2.36. The predicted molar refractivity (Wildman–Crippen MR) is 270 cm³/mol. The van der Waals surface area contributed by atoms with E-state index in [1.54, 1.807) is 43.3 Å². The second-order valence-corrected chi connectivity index (χ2v) is 18.7. The number of benzene rings is 3. The maximum atomic E-state index is 14.9. The van der Waals surface area contributed by atoms with Gasteiger partial charge < -0.3 is 63.6 Å². The van der Waals surface area contributed by atoms with Gasteiger partial charge in [-0.1, -0.05) is 71.0 Å². The van der Waals surface area contributed by atoms with Gasteiger partial charge in [0.15, 0.2) is 5.82 Å². The molecule has 4 unspecified atom stereocenters. The predicted octanol–water partition coefficient (Wildman–Crippen LogP) is 2.79. The van der Waals surface area contributed by atoms with Gasteiger partial charge in [0.2, 0.25) is 23.6 Å². The molecule has 7 amide bonds. The third kappa shape index (κ3) is 14.3. The van der Waals surface area contributed by atoms with Crippen molar-refractivity contribution in [3.63, 3.8) is 0 Å². The highest BCUT2D eigenvalue weighted by atomic mass is 16.5. The van der Waals surface area contributed by atoms with Crippen molar-refractivity contribution in [2.75, 3.05) is 46.4 Å². The van der Waals surface area contributed by atoms with Gasteiger partial charge in [0, 0.05) is 61.7 Å². The fourth-order valence-electron chi connectivity index (χ4n) is 7.75. The van der Waals surface area contributed by atoms with E-state index in [1.165, 1.54) is 20.2 Å². The number of likely N-dealkylation sites (N-methyl/N-ethyl adjacent to an activating group) is 1. The molecule has 3 aromatic carbocycles. The number of hydrogen-bond acceptors (Lipinski definition) is 13. The second-order valence-electron chi connectivity index (χ2n) is 18.7. The van der Waals surface area contributed by atoms with Crippen molar-refractivity contribution in [3.8, 4) is 34.0 Å². The molecule has 0 saturated carbocycles. The Hall–Kier alpha value is -7.45. The van der Waals surface area contributed by atoms with Crippen LogP contribution >= 0.6 is 0 Å². The van der Waals surface area contributed by atoms with Gasteiger partial charge in [-0.3, -0.25) is 24.0 Å². The van der Waals surface area contributed by atoms with Gasteiger partial charge in [-0.2, -0.15) is 0 Å². The monoisotopic (exact) mass is 977 g/mol. The number of nitrogens with one attached hydrogen (secondary N) is 6. The van der Waals surface area contributed by atoms with Gasteiger partial charge in [-0.25, -0.2) is 14.8 Å². The molecule has 0 saturated heterocycles. The normalized spacial score (nSPS) is 16.4. The first-order valence-electron chi connectivity index (χ1n) is 23.6. The molecule has 4 aromatic rings. The molecule has 20 heteroatoms. The van der Waals surface area contributed by atoms with Gasteiger partial charge in [0.25, 0.3) is 5.91 Å². The quantitative estimate of drug-likeness (QED) is 0.0651. The van der Waals surface area contributed by atoms with Crippen LogP contribution < -0.4 is 53.3 Å². The van der Waals surface area contributed by atoms with Gasteiger partial charge in [-0.15, -0.1) is 0 Å². The largest absolute Gasteiger partial charge is 0.492 e. The number of rotatable bonds is 18. The van der Waals surface area contributed by atoms with Crippen molar-refractivity contribution in [3.05, 3.63) is 94.8 Å². The molecule has 20 nitrogen and oxygen atoms in total. The molecule has 4 atom stereocenters. The lowest BCUT2D eigenvalue weighted by molar-refractivity contribution is -0.141. The van der Waals surface area contributed by atoms with E-state index in [-0.39, 0.29) is 80.4 Å². The average molecular weight is 977 g/mol. The number of primary amides is 1. The van der Waals surface area contributed by atoms with Crippen LogP contribution in [-0.2, 0) is 31.0 Å². The zero-order chi connectivity index (χ0) is 52.2. The van der Waals surface area contributed by atoms with Crippen LogP contribution in [-0.4, -0.2) is 121 Å². The lowest BCUT2D eigenvalue weighted by Gasteiger charge is -2.33. The summed E-state index contributed by atoms with van der Waals surface area (Å²) in [4.78, 5) is 93.5. The molecule has 0 fully saturated rings. The van der Waals surface area contributed by atoms with Gasteiger partial charge in [-0.05, 0) is 72.6 Å². The summed E-state index contributed by atoms with van der Waals surface area (Å²) in [7, 11) is 1.37. The number of amides is 7. The number of nitrogens with zero attached hydrogens (tertiary/aromatic N) is 3. The molecule has 71 heavy (non-hydrogen) atoms. The number of urea groups is 1. The molecular formula is C51H68N12O8. The van der Waals surface area contributed by atoms with Crippen LogP contribution in [0.3, 0.4) is 0 Å². The Kier molecular flexibility index (Phi) is 18.7. The minimum atomic E-state index is -1.47. The molecule has 0 aliphatic carbocycles. The first-order chi connectivity index (χ1) is 33.6. The number of aryl methyl sites for hydroxylation is 1. The highest BCUT2D eigenvalue weighted by molar-refractivity contribution is 6.00. The second kappa shape index (κ2) is 24.4. The van der Waals surface area contributed by atoms with Crippen molar-refractivity contribution in [2.24, 2.45) is 23.1 Å². The molecule has 380 valence electrons. The zero-order valence-electron chi connectivity index (χ0n) is 41.7. The third-order valence-corrected chi connectivity index (χ3v) is 11.9. The van der Waals surface area contributed by atoms with Crippen LogP contribution in [0.1, 0.15) is 86.7 Å². The summed E-state index contributed by atoms with van der Waals surface area (Å²) >= 11 is 0. The van der Waals surface area contributed by atoms with Gasteiger partial charge in [0.05, 0.1) is 17.8 Å². The number of fused-ring (bicyclic) bond motifs is 5. The Bertz CT molecular complexity index is 2600. The molecule has 0 spiro atoms. The number of carbonyl (C=O) groups is 6. The van der Waals surface area contributed by atoms with E-state index in [4.69, 9.17) is 32.1 Å². The number of aromatic nitrogens is 2. The third-order valence-electron chi connectivity index (χ3n) is 11.9. The van der Waals surface area contributed by atoms with E-state index < -0.39 is 59.7 Å². The summed E-state index contributed by atoms with van der Waals surface area (Å²) in [6, 6.07) is 11.9. The maximum absolute atomic E-state index is 14.9. The van der Waals surface area contributed by atoms with E-state index in [9.17, 15) is 28.8 Å². The van der Waals surface area contributed by atoms with Crippen molar-refractivity contribution in [1.82, 2.24) is 41.5 Å². The molecular weight excluding hydrogens is 909 g/mol. The van der Waals surface area contributed by atoms with Crippen LogP contribution in [0.15, 0.2) is 66.9 Å². The molecule has 5 rings (SSSR count). The molecule has 4 bridgehead atoms. The van der Waals surface area contributed by atoms with Crippen LogP contribution in [0.2, 0.25) is 0 Å². The lowest BCUT2D eigenvalue weighted by atomic mass is 9.87. The maximum Gasteiger partial charge on any atom is 0.312 e. The van der Waals surface area contributed by atoms with Crippen LogP contribution in [0, 0.1) is 18.3 Å². The van der Waals surface area contributed by atoms with Crippen molar-refractivity contribution in [1.29, 1.82) is 5.41 Å². The first kappa shape index (κ1) is 54.5. The highest BCUT2D eigenvalue weighted by Crippen LogP contribution is 2.40. The van der Waals surface area contributed by atoms with E-state index in [2.05, 4.69) is 57.3 Å². The van der Waals surface area contributed by atoms with Crippen molar-refractivity contribution >= 4 is 41.3 Å². The van der Waals surface area contributed by atoms with Crippen LogP contribution in [0.5, 0.6) is 11.5 Å². The smallest absolute Gasteiger partial charge is 0.312 e. The minimum Gasteiger partial charge on any atom is -0.492 e. The summed E-state index contributed by atoms with van der Waals surface area (Å²) in [5.74, 6) is -2.50. The summed E-state index contributed by atoms with van der Waals surface area (Å²) in [6.07, 6.45) is 1.22. The molecule has 1 aromatic heterocycles. The minimum absolute atomic E-state index is 0.00886. The topological polar surface area (TPSA) is 312 Å². The number of ether oxygens (including phenoxy) is 2. The summed E-state index contributed by atoms with van der Waals surface area (Å²) in [6.45, 7) is 13.5. The molecule has 0 radical (unpaired) electrons. The summed E-state index contributed by atoms with van der Waals surface area (Å²) in [5.41, 5.74) is 21.4. The molecule has 1 aliphatic rings. The molecule has 1 aliphatic heterocycles. The van der Waals surface area contributed by atoms with E-state index in [0.29, 0.717) is 39.7 Å². The van der Waals surface area contributed by atoms with E-state index in [0.717, 1.165) is 16.0 Å². The molecule has 12 N–H and O–H groups in total. The Balaban J connectivity index is 1.58. The summed E-state index contributed by atoms with van der Waals surface area (Å²) < 4.78 is 12.3. The molecule has 2 heterocycles. The van der Waals surface area contributed by atoms with Crippen molar-refractivity contribution in [2.45, 2.75) is 90.9 Å².